The maximum Gasteiger partial charge on any atom is 0.337 e. The summed E-state index contributed by atoms with van der Waals surface area (Å²) < 4.78 is 11.0. The van der Waals surface area contributed by atoms with Gasteiger partial charge in [-0.15, -0.1) is 0 Å². The summed E-state index contributed by atoms with van der Waals surface area (Å²) >= 11 is 0. The number of hydrogen-bond acceptors (Lipinski definition) is 3. The number of carbonyl (C=O) groups is 1. The average Bonchev–Trinajstić information content (AvgIpc) is 1.99. The molecule has 1 aliphatic carbocycles. The van der Waals surface area contributed by atoms with Crippen LogP contribution in [0.2, 0.25) is 0 Å². The Balaban J connectivity index is 2.16. The third-order valence-electron chi connectivity index (χ3n) is 2.87. The summed E-state index contributed by atoms with van der Waals surface area (Å²) in [6.07, 6.45) is 5.33. The molecular weight excluding hydrogens is 180 g/mol. The van der Waals surface area contributed by atoms with E-state index in [0.29, 0.717) is 11.7 Å². The first kappa shape index (κ1) is 9.56. The van der Waals surface area contributed by atoms with Gasteiger partial charge in [-0.1, -0.05) is 13.3 Å². The Morgan fingerprint density at radius 3 is 2.93 bits per heavy atom. The van der Waals surface area contributed by atoms with E-state index >= 15 is 0 Å². The zero-order valence-corrected chi connectivity index (χ0v) is 8.71. The number of esters is 1. The van der Waals surface area contributed by atoms with Crippen molar-refractivity contribution in [2.45, 2.75) is 45.3 Å². The van der Waals surface area contributed by atoms with Crippen LogP contribution in [0.3, 0.4) is 0 Å². The van der Waals surface area contributed by atoms with E-state index in [-0.39, 0.29) is 5.97 Å². The maximum absolute atomic E-state index is 11.3. The zero-order valence-electron chi connectivity index (χ0n) is 8.71. The fraction of sp³-hybridized carbons (Fsp3) is 0.727. The number of carbonyl (C=O) groups excluding carboxylic acids is 1. The third-order valence-corrected chi connectivity index (χ3v) is 2.87. The summed E-state index contributed by atoms with van der Waals surface area (Å²) in [6, 6.07) is 0. The summed E-state index contributed by atoms with van der Waals surface area (Å²) in [6.45, 7) is 3.98. The van der Waals surface area contributed by atoms with Gasteiger partial charge >= 0.3 is 5.97 Å². The van der Waals surface area contributed by atoms with Crippen molar-refractivity contribution in [3.05, 3.63) is 11.8 Å². The lowest BCUT2D eigenvalue weighted by molar-refractivity contribution is -0.237. The minimum Gasteiger partial charge on any atom is -0.457 e. The SMILES string of the molecule is CC1=CC(=O)OC2(CCCC(C)C2)O1. The van der Waals surface area contributed by atoms with Gasteiger partial charge in [-0.3, -0.25) is 0 Å². The van der Waals surface area contributed by atoms with E-state index in [1.807, 2.05) is 0 Å². The molecule has 3 heteroatoms. The first-order valence-electron chi connectivity index (χ1n) is 5.20. The van der Waals surface area contributed by atoms with Gasteiger partial charge in [0.2, 0.25) is 0 Å². The molecule has 3 nitrogen and oxygen atoms in total. The predicted molar refractivity (Wildman–Crippen MR) is 51.3 cm³/mol. The highest BCUT2D eigenvalue weighted by Gasteiger charge is 2.42. The molecule has 0 aromatic carbocycles. The molecule has 1 spiro atoms. The minimum absolute atomic E-state index is 0.261. The number of ether oxygens (including phenoxy) is 2. The quantitative estimate of drug-likeness (QED) is 0.558. The molecule has 2 atom stereocenters. The van der Waals surface area contributed by atoms with E-state index in [4.69, 9.17) is 9.47 Å². The largest absolute Gasteiger partial charge is 0.457 e. The molecule has 1 aliphatic heterocycles. The third kappa shape index (κ3) is 1.76. The van der Waals surface area contributed by atoms with Crippen LogP contribution in [-0.2, 0) is 14.3 Å². The van der Waals surface area contributed by atoms with Crippen molar-refractivity contribution in [1.82, 2.24) is 0 Å². The van der Waals surface area contributed by atoms with Gasteiger partial charge < -0.3 is 9.47 Å². The fourth-order valence-electron chi connectivity index (χ4n) is 2.36. The van der Waals surface area contributed by atoms with Crippen LogP contribution < -0.4 is 0 Å². The van der Waals surface area contributed by atoms with Crippen molar-refractivity contribution >= 4 is 5.97 Å². The Bertz CT molecular complexity index is 282. The first-order chi connectivity index (χ1) is 6.60. The highest BCUT2D eigenvalue weighted by atomic mass is 16.7. The van der Waals surface area contributed by atoms with Gasteiger partial charge in [-0.2, -0.15) is 0 Å². The van der Waals surface area contributed by atoms with Gasteiger partial charge in [0.25, 0.3) is 5.79 Å². The van der Waals surface area contributed by atoms with E-state index in [0.717, 1.165) is 19.3 Å². The Morgan fingerprint density at radius 2 is 2.29 bits per heavy atom. The average molecular weight is 196 g/mol. The molecule has 0 saturated heterocycles. The van der Waals surface area contributed by atoms with Crippen LogP contribution in [0.15, 0.2) is 11.8 Å². The van der Waals surface area contributed by atoms with Crippen molar-refractivity contribution < 1.29 is 14.3 Å². The van der Waals surface area contributed by atoms with Crippen LogP contribution in [0.5, 0.6) is 0 Å². The Hall–Kier alpha value is -0.990. The van der Waals surface area contributed by atoms with Crippen LogP contribution in [0.1, 0.15) is 39.5 Å². The van der Waals surface area contributed by atoms with E-state index in [9.17, 15) is 4.79 Å². The second-order valence-corrected chi connectivity index (χ2v) is 4.39. The molecule has 14 heavy (non-hydrogen) atoms. The predicted octanol–water partition coefficient (Wildman–Crippen LogP) is 2.37. The molecule has 1 heterocycles. The van der Waals surface area contributed by atoms with Crippen LogP contribution >= 0.6 is 0 Å². The van der Waals surface area contributed by atoms with E-state index in [1.165, 1.54) is 12.5 Å². The second-order valence-electron chi connectivity index (χ2n) is 4.39. The van der Waals surface area contributed by atoms with Crippen molar-refractivity contribution in [2.24, 2.45) is 5.92 Å². The normalized spacial score (nSPS) is 37.4. The van der Waals surface area contributed by atoms with E-state index < -0.39 is 5.79 Å². The Labute approximate surface area is 84.1 Å². The van der Waals surface area contributed by atoms with Crippen molar-refractivity contribution in [1.29, 1.82) is 0 Å². The number of rotatable bonds is 0. The van der Waals surface area contributed by atoms with Gasteiger partial charge in [0.15, 0.2) is 0 Å². The molecule has 78 valence electrons. The van der Waals surface area contributed by atoms with Gasteiger partial charge in [-0.05, 0) is 19.3 Å². The molecule has 1 fully saturated rings. The van der Waals surface area contributed by atoms with Crippen LogP contribution in [0, 0.1) is 5.92 Å². The highest BCUT2D eigenvalue weighted by Crippen LogP contribution is 2.39. The molecular formula is C11H16O3. The van der Waals surface area contributed by atoms with Gasteiger partial charge in [0, 0.05) is 12.8 Å². The summed E-state index contributed by atoms with van der Waals surface area (Å²) in [4.78, 5) is 11.3. The maximum atomic E-state index is 11.3. The fourth-order valence-corrected chi connectivity index (χ4v) is 2.36. The van der Waals surface area contributed by atoms with E-state index in [2.05, 4.69) is 6.92 Å². The lowest BCUT2D eigenvalue weighted by Crippen LogP contribution is -2.43. The summed E-state index contributed by atoms with van der Waals surface area (Å²) in [7, 11) is 0. The van der Waals surface area contributed by atoms with Crippen molar-refractivity contribution in [2.75, 3.05) is 0 Å². The lowest BCUT2D eigenvalue weighted by Gasteiger charge is -2.40. The molecule has 0 N–H and O–H groups in total. The summed E-state index contributed by atoms with van der Waals surface area (Å²) in [5.74, 6) is 0.341. The molecule has 0 amide bonds. The Morgan fingerprint density at radius 1 is 1.50 bits per heavy atom. The standard InChI is InChI=1S/C11H16O3/c1-8-4-3-5-11(7-8)13-9(2)6-10(12)14-11/h6,8H,3-5,7H2,1-2H3. The van der Waals surface area contributed by atoms with Crippen LogP contribution in [0.25, 0.3) is 0 Å². The number of hydrogen-bond donors (Lipinski definition) is 0. The monoisotopic (exact) mass is 196 g/mol. The zero-order chi connectivity index (χ0) is 10.2. The molecule has 0 aromatic rings. The Kier molecular flexibility index (Phi) is 2.25. The molecule has 2 rings (SSSR count). The molecule has 0 radical (unpaired) electrons. The van der Waals surface area contributed by atoms with Gasteiger partial charge in [0.05, 0.1) is 6.08 Å². The van der Waals surface area contributed by atoms with Crippen molar-refractivity contribution in [3.8, 4) is 0 Å². The summed E-state index contributed by atoms with van der Waals surface area (Å²) in [5.41, 5.74) is 0. The van der Waals surface area contributed by atoms with Crippen LogP contribution in [-0.4, -0.2) is 11.8 Å². The van der Waals surface area contributed by atoms with E-state index in [1.54, 1.807) is 6.92 Å². The molecule has 0 aromatic heterocycles. The van der Waals surface area contributed by atoms with Gasteiger partial charge in [-0.25, -0.2) is 4.79 Å². The second kappa shape index (κ2) is 3.30. The topological polar surface area (TPSA) is 35.5 Å². The molecule has 2 aliphatic rings. The van der Waals surface area contributed by atoms with Crippen LogP contribution in [0.4, 0.5) is 0 Å². The highest BCUT2D eigenvalue weighted by molar-refractivity contribution is 5.83. The molecule has 1 saturated carbocycles. The summed E-state index contributed by atoms with van der Waals surface area (Å²) in [5, 5.41) is 0. The lowest BCUT2D eigenvalue weighted by atomic mass is 9.85. The molecule has 0 bridgehead atoms. The van der Waals surface area contributed by atoms with Gasteiger partial charge in [0.1, 0.15) is 5.76 Å². The first-order valence-corrected chi connectivity index (χ1v) is 5.20. The van der Waals surface area contributed by atoms with Crippen molar-refractivity contribution in [3.63, 3.8) is 0 Å². The number of allylic oxidation sites excluding steroid dienone is 1. The minimum atomic E-state index is -0.645. The smallest absolute Gasteiger partial charge is 0.337 e. The molecule has 2 unspecified atom stereocenters.